The van der Waals surface area contributed by atoms with Crippen LogP contribution in [0.4, 0.5) is 30.7 Å². The van der Waals surface area contributed by atoms with Gasteiger partial charge in [-0.25, -0.2) is 4.39 Å². The normalized spacial score (nSPS) is 30.6. The molecule has 0 amide bonds. The molecule has 7 nitrogen and oxygen atoms in total. The van der Waals surface area contributed by atoms with E-state index in [2.05, 4.69) is 14.2 Å². The van der Waals surface area contributed by atoms with Crippen molar-refractivity contribution in [2.75, 3.05) is 13.2 Å². The summed E-state index contributed by atoms with van der Waals surface area (Å²) >= 11 is 0. The molecule has 14 heteroatoms. The van der Waals surface area contributed by atoms with Gasteiger partial charge in [-0.1, -0.05) is 12.1 Å². The van der Waals surface area contributed by atoms with E-state index in [0.29, 0.717) is 24.3 Å². The molecule has 2 N–H and O–H groups in total. The number of alkyl halides is 6. The number of benzene rings is 1. The molecular formula is C19H19F7O7. The molecule has 1 aromatic rings. The first-order valence-electron chi connectivity index (χ1n) is 9.42. The van der Waals surface area contributed by atoms with E-state index in [-0.39, 0.29) is 0 Å². The summed E-state index contributed by atoms with van der Waals surface area (Å²) in [6.45, 7) is 1.20. The number of halogens is 7. The van der Waals surface area contributed by atoms with Crippen LogP contribution in [-0.2, 0) is 23.8 Å². The van der Waals surface area contributed by atoms with Gasteiger partial charge in [-0.2, -0.15) is 26.3 Å². The molecule has 0 spiro atoms. The predicted molar refractivity (Wildman–Crippen MR) is 92.5 cm³/mol. The smallest absolute Gasteiger partial charge is 0.444 e. The van der Waals surface area contributed by atoms with Crippen molar-refractivity contribution < 1.29 is 64.7 Å². The van der Waals surface area contributed by atoms with Crippen LogP contribution in [0.25, 0.3) is 0 Å². The Morgan fingerprint density at radius 2 is 1.24 bits per heavy atom. The molecule has 1 aliphatic heterocycles. The van der Waals surface area contributed by atoms with Crippen molar-refractivity contribution in [3.8, 4) is 0 Å². The van der Waals surface area contributed by atoms with E-state index in [4.69, 9.17) is 0 Å². The van der Waals surface area contributed by atoms with Crippen molar-refractivity contribution in [3.05, 3.63) is 35.6 Å². The quantitative estimate of drug-likeness (QED) is 0.482. The molecule has 1 saturated heterocycles. The summed E-state index contributed by atoms with van der Waals surface area (Å²) in [5.74, 6) is -23.3. The van der Waals surface area contributed by atoms with Gasteiger partial charge in [-0.3, -0.25) is 9.59 Å². The van der Waals surface area contributed by atoms with Crippen LogP contribution in [0.5, 0.6) is 0 Å². The number of hydrogen-bond acceptors (Lipinski definition) is 7. The zero-order valence-corrected chi connectivity index (χ0v) is 17.0. The lowest BCUT2D eigenvalue weighted by atomic mass is 9.67. The number of carbonyl (C=O) groups excluding carboxylic acids is 2. The number of rotatable bonds is 5. The topological polar surface area (TPSA) is 102 Å². The second kappa shape index (κ2) is 9.06. The highest BCUT2D eigenvalue weighted by molar-refractivity contribution is 5.81. The average molecular weight is 492 g/mol. The third kappa shape index (κ3) is 4.64. The van der Waals surface area contributed by atoms with Gasteiger partial charge in [-0.15, -0.1) is 0 Å². The Labute approximate surface area is 182 Å². The second-order valence-electron chi connectivity index (χ2n) is 7.03. The molecule has 0 saturated carbocycles. The SMILES string of the molecule is CCOC(=O)[C@@H]1C(c2ccc(F)cc2)[C@@H](C(=O)OCC)[C@](O)(C(F)(F)F)O[C@]1(O)C(F)(F)F. The minimum atomic E-state index is -6.10. The first-order valence-corrected chi connectivity index (χ1v) is 9.42. The number of hydrogen-bond donors (Lipinski definition) is 2. The minimum Gasteiger partial charge on any atom is -0.466 e. The summed E-state index contributed by atoms with van der Waals surface area (Å²) in [6, 6.07) is 2.65. The monoisotopic (exact) mass is 492 g/mol. The zero-order chi connectivity index (χ0) is 25.4. The first kappa shape index (κ1) is 26.8. The van der Waals surface area contributed by atoms with Gasteiger partial charge in [-0.05, 0) is 31.5 Å². The molecule has 1 aliphatic rings. The number of esters is 2. The molecule has 0 bridgehead atoms. The van der Waals surface area contributed by atoms with Gasteiger partial charge < -0.3 is 24.4 Å². The van der Waals surface area contributed by atoms with Crippen LogP contribution in [0, 0.1) is 17.7 Å². The summed E-state index contributed by atoms with van der Waals surface area (Å²) in [6.07, 6.45) is -12.2. The largest absolute Gasteiger partial charge is 0.466 e. The van der Waals surface area contributed by atoms with Crippen LogP contribution >= 0.6 is 0 Å². The Hall–Kier alpha value is -2.45. The summed E-state index contributed by atoms with van der Waals surface area (Å²) < 4.78 is 110. The van der Waals surface area contributed by atoms with E-state index in [1.165, 1.54) is 0 Å². The van der Waals surface area contributed by atoms with Crippen LogP contribution < -0.4 is 0 Å². The van der Waals surface area contributed by atoms with Crippen LogP contribution in [0.2, 0.25) is 0 Å². The van der Waals surface area contributed by atoms with E-state index >= 15 is 0 Å². The number of aliphatic hydroxyl groups is 2. The molecular weight excluding hydrogens is 473 g/mol. The van der Waals surface area contributed by atoms with Gasteiger partial charge in [0.15, 0.2) is 0 Å². The summed E-state index contributed by atoms with van der Waals surface area (Å²) in [4.78, 5) is 25.1. The Kier molecular flexibility index (Phi) is 7.36. The highest BCUT2D eigenvalue weighted by Gasteiger charge is 2.80. The fourth-order valence-corrected chi connectivity index (χ4v) is 3.66. The Morgan fingerprint density at radius 1 is 0.879 bits per heavy atom. The van der Waals surface area contributed by atoms with Gasteiger partial charge in [0.25, 0.3) is 11.6 Å². The van der Waals surface area contributed by atoms with Crippen molar-refractivity contribution >= 4 is 11.9 Å². The zero-order valence-electron chi connectivity index (χ0n) is 17.0. The Morgan fingerprint density at radius 3 is 1.55 bits per heavy atom. The van der Waals surface area contributed by atoms with Crippen LogP contribution in [0.15, 0.2) is 24.3 Å². The lowest BCUT2D eigenvalue weighted by Crippen LogP contribution is -2.73. The molecule has 0 radical (unpaired) electrons. The Bertz CT molecular complexity index is 823. The van der Waals surface area contributed by atoms with Crippen molar-refractivity contribution in [1.82, 2.24) is 0 Å². The van der Waals surface area contributed by atoms with Gasteiger partial charge in [0.2, 0.25) is 0 Å². The van der Waals surface area contributed by atoms with Crippen molar-refractivity contribution in [3.63, 3.8) is 0 Å². The fourth-order valence-electron chi connectivity index (χ4n) is 3.66. The van der Waals surface area contributed by atoms with Crippen LogP contribution in [0.3, 0.4) is 0 Å². The molecule has 0 aliphatic carbocycles. The molecule has 0 aromatic heterocycles. The van der Waals surface area contributed by atoms with Gasteiger partial charge >= 0.3 is 24.3 Å². The van der Waals surface area contributed by atoms with Gasteiger partial charge in [0.05, 0.1) is 13.2 Å². The maximum absolute atomic E-state index is 13.9. The van der Waals surface area contributed by atoms with Crippen LogP contribution in [0.1, 0.15) is 25.3 Å². The second-order valence-corrected chi connectivity index (χ2v) is 7.03. The Balaban J connectivity index is 2.95. The maximum atomic E-state index is 13.9. The number of carbonyl (C=O) groups is 2. The molecule has 33 heavy (non-hydrogen) atoms. The number of ether oxygens (including phenoxy) is 3. The molecule has 1 aromatic carbocycles. The third-order valence-corrected chi connectivity index (χ3v) is 5.02. The summed E-state index contributed by atoms with van der Waals surface area (Å²) in [5, 5.41) is 20.7. The van der Waals surface area contributed by atoms with E-state index < -0.39 is 78.2 Å². The van der Waals surface area contributed by atoms with Gasteiger partial charge in [0, 0.05) is 5.92 Å². The summed E-state index contributed by atoms with van der Waals surface area (Å²) in [5.41, 5.74) is -0.638. The fraction of sp³-hybridized carbons (Fsp3) is 0.579. The molecule has 1 heterocycles. The molecule has 186 valence electrons. The van der Waals surface area contributed by atoms with E-state index in [9.17, 15) is 50.5 Å². The van der Waals surface area contributed by atoms with Crippen LogP contribution in [-0.4, -0.2) is 59.3 Å². The molecule has 5 atom stereocenters. The maximum Gasteiger partial charge on any atom is 0.444 e. The third-order valence-electron chi connectivity index (χ3n) is 5.02. The van der Waals surface area contributed by atoms with Crippen molar-refractivity contribution in [2.45, 2.75) is 43.7 Å². The minimum absolute atomic E-state index is 0.562. The van der Waals surface area contributed by atoms with Crippen molar-refractivity contribution in [1.29, 1.82) is 0 Å². The summed E-state index contributed by atoms with van der Waals surface area (Å²) in [7, 11) is 0. The van der Waals surface area contributed by atoms with Gasteiger partial charge in [0.1, 0.15) is 17.7 Å². The molecule has 1 unspecified atom stereocenters. The molecule has 2 rings (SSSR count). The van der Waals surface area contributed by atoms with E-state index in [1.807, 2.05) is 0 Å². The highest BCUT2D eigenvalue weighted by Crippen LogP contribution is 2.59. The van der Waals surface area contributed by atoms with E-state index in [0.717, 1.165) is 13.8 Å². The highest BCUT2D eigenvalue weighted by atomic mass is 19.4. The van der Waals surface area contributed by atoms with E-state index in [1.54, 1.807) is 0 Å². The average Bonchev–Trinajstić information content (AvgIpc) is 2.66. The lowest BCUT2D eigenvalue weighted by molar-refractivity contribution is -0.507. The predicted octanol–water partition coefficient (Wildman–Crippen LogP) is 2.80. The lowest BCUT2D eigenvalue weighted by Gasteiger charge is -2.53. The standard InChI is InChI=1S/C19H19F7O7/c1-3-31-14(27)12-11(9-5-7-10(20)8-6-9)13(15(28)32-4-2)17(30,19(24,25)26)33-16(12,29)18(21,22)23/h5-8,11-13,29-30H,3-4H2,1-2H3/t11?,12-,13-,16-,17+/m0/s1. The first-order chi connectivity index (χ1) is 15.0. The van der Waals surface area contributed by atoms with Crippen molar-refractivity contribution in [2.24, 2.45) is 11.8 Å². The molecule has 1 fully saturated rings.